The summed E-state index contributed by atoms with van der Waals surface area (Å²) in [7, 11) is 3.13. The lowest BCUT2D eigenvalue weighted by Crippen LogP contribution is -2.26. The Kier molecular flexibility index (Phi) is 6.71. The SMILES string of the molecule is COc1ccc(C(=O)NCCSc2c(-c3ccc(C)cc3)[nH]c3ccccc23)c(OC)c1. The van der Waals surface area contributed by atoms with E-state index in [4.69, 9.17) is 9.47 Å². The number of nitrogens with one attached hydrogen (secondary N) is 2. The van der Waals surface area contributed by atoms with E-state index in [0.29, 0.717) is 23.6 Å². The number of benzene rings is 3. The van der Waals surface area contributed by atoms with Gasteiger partial charge in [-0.2, -0.15) is 0 Å². The smallest absolute Gasteiger partial charge is 0.255 e. The molecular weight excluding hydrogens is 420 g/mol. The quantitative estimate of drug-likeness (QED) is 0.270. The van der Waals surface area contributed by atoms with Crippen LogP contribution in [0.25, 0.3) is 22.2 Å². The predicted molar refractivity (Wildman–Crippen MR) is 131 cm³/mol. The summed E-state index contributed by atoms with van der Waals surface area (Å²) in [5, 5.41) is 4.19. The van der Waals surface area contributed by atoms with Crippen molar-refractivity contribution >= 4 is 28.6 Å². The minimum Gasteiger partial charge on any atom is -0.497 e. The summed E-state index contributed by atoms with van der Waals surface area (Å²) in [6.45, 7) is 2.62. The molecule has 0 spiro atoms. The number of H-pyrrole nitrogens is 1. The highest BCUT2D eigenvalue weighted by molar-refractivity contribution is 7.99. The van der Waals surface area contributed by atoms with Crippen molar-refractivity contribution in [3.8, 4) is 22.8 Å². The molecule has 0 aliphatic heterocycles. The first-order valence-corrected chi connectivity index (χ1v) is 11.4. The number of thioether (sulfide) groups is 1. The van der Waals surface area contributed by atoms with Crippen LogP contribution in [0.1, 0.15) is 15.9 Å². The molecule has 3 aromatic carbocycles. The number of carbonyl (C=O) groups is 1. The Morgan fingerprint density at radius 3 is 2.53 bits per heavy atom. The number of para-hydroxylation sites is 1. The lowest BCUT2D eigenvalue weighted by molar-refractivity contribution is 0.0953. The second-order valence-corrected chi connectivity index (χ2v) is 8.52. The van der Waals surface area contributed by atoms with Gasteiger partial charge in [0.05, 0.1) is 25.5 Å². The second-order valence-electron chi connectivity index (χ2n) is 7.41. The van der Waals surface area contributed by atoms with E-state index in [0.717, 1.165) is 22.5 Å². The summed E-state index contributed by atoms with van der Waals surface area (Å²) in [6, 6.07) is 22.0. The maximum Gasteiger partial charge on any atom is 0.255 e. The maximum absolute atomic E-state index is 12.7. The number of ether oxygens (including phenoxy) is 2. The Bertz CT molecular complexity index is 1230. The average Bonchev–Trinajstić information content (AvgIpc) is 3.20. The summed E-state index contributed by atoms with van der Waals surface area (Å²) < 4.78 is 10.5. The molecule has 0 aliphatic carbocycles. The number of carbonyl (C=O) groups excluding carboxylic acids is 1. The molecule has 1 amide bonds. The van der Waals surface area contributed by atoms with Crippen molar-refractivity contribution in [2.24, 2.45) is 0 Å². The number of fused-ring (bicyclic) bond motifs is 1. The lowest BCUT2D eigenvalue weighted by atomic mass is 10.1. The highest BCUT2D eigenvalue weighted by atomic mass is 32.2. The van der Waals surface area contributed by atoms with Crippen LogP contribution >= 0.6 is 11.8 Å². The van der Waals surface area contributed by atoms with Gasteiger partial charge in [0.2, 0.25) is 0 Å². The Morgan fingerprint density at radius 2 is 1.78 bits per heavy atom. The first-order valence-electron chi connectivity index (χ1n) is 10.4. The molecule has 164 valence electrons. The molecule has 0 unspecified atom stereocenters. The van der Waals surface area contributed by atoms with Crippen molar-refractivity contribution < 1.29 is 14.3 Å². The van der Waals surface area contributed by atoms with Crippen molar-refractivity contribution in [3.05, 3.63) is 77.9 Å². The van der Waals surface area contributed by atoms with Crippen LogP contribution in [0.3, 0.4) is 0 Å². The topological polar surface area (TPSA) is 63.3 Å². The monoisotopic (exact) mass is 446 g/mol. The van der Waals surface area contributed by atoms with Crippen molar-refractivity contribution in [2.75, 3.05) is 26.5 Å². The van der Waals surface area contributed by atoms with Gasteiger partial charge in [0, 0.05) is 34.2 Å². The first-order chi connectivity index (χ1) is 15.6. The molecule has 32 heavy (non-hydrogen) atoms. The predicted octanol–water partition coefficient (Wildman–Crippen LogP) is 5.68. The third-order valence-electron chi connectivity index (χ3n) is 5.29. The van der Waals surface area contributed by atoms with Gasteiger partial charge in [0.25, 0.3) is 5.91 Å². The fraction of sp³-hybridized carbons (Fsp3) is 0.192. The van der Waals surface area contributed by atoms with Crippen molar-refractivity contribution in [1.82, 2.24) is 10.3 Å². The van der Waals surface area contributed by atoms with Crippen molar-refractivity contribution in [1.29, 1.82) is 0 Å². The lowest BCUT2D eigenvalue weighted by Gasteiger charge is -2.11. The summed E-state index contributed by atoms with van der Waals surface area (Å²) in [5.41, 5.74) is 5.10. The minimum atomic E-state index is -0.164. The van der Waals surface area contributed by atoms with Crippen molar-refractivity contribution in [2.45, 2.75) is 11.8 Å². The van der Waals surface area contributed by atoms with Crippen LogP contribution in [-0.4, -0.2) is 37.4 Å². The highest BCUT2D eigenvalue weighted by Crippen LogP contribution is 2.37. The van der Waals surface area contributed by atoms with Gasteiger partial charge in [-0.05, 0) is 30.7 Å². The highest BCUT2D eigenvalue weighted by Gasteiger charge is 2.15. The molecule has 0 aliphatic rings. The van der Waals surface area contributed by atoms with E-state index >= 15 is 0 Å². The maximum atomic E-state index is 12.7. The first kappa shape index (κ1) is 21.8. The molecule has 0 fully saturated rings. The molecule has 0 saturated heterocycles. The number of hydrogen-bond donors (Lipinski definition) is 2. The summed E-state index contributed by atoms with van der Waals surface area (Å²) in [4.78, 5) is 17.4. The molecule has 0 radical (unpaired) electrons. The van der Waals surface area contributed by atoms with Gasteiger partial charge < -0.3 is 19.8 Å². The van der Waals surface area contributed by atoms with Crippen LogP contribution < -0.4 is 14.8 Å². The largest absolute Gasteiger partial charge is 0.497 e. The number of aromatic amines is 1. The van der Waals surface area contributed by atoms with E-state index in [1.54, 1.807) is 44.2 Å². The van der Waals surface area contributed by atoms with E-state index in [1.165, 1.54) is 15.8 Å². The number of amides is 1. The zero-order valence-corrected chi connectivity index (χ0v) is 19.2. The molecule has 1 heterocycles. The third-order valence-corrected chi connectivity index (χ3v) is 6.41. The fourth-order valence-corrected chi connectivity index (χ4v) is 4.64. The van der Waals surface area contributed by atoms with Crippen LogP contribution in [0.2, 0.25) is 0 Å². The van der Waals surface area contributed by atoms with Gasteiger partial charge in [0.15, 0.2) is 0 Å². The molecule has 5 nitrogen and oxygen atoms in total. The van der Waals surface area contributed by atoms with Crippen LogP contribution in [0, 0.1) is 6.92 Å². The number of methoxy groups -OCH3 is 2. The third kappa shape index (κ3) is 4.60. The molecule has 6 heteroatoms. The van der Waals surface area contributed by atoms with E-state index in [2.05, 4.69) is 59.7 Å². The standard InChI is InChI=1S/C26H26N2O3S/c1-17-8-10-18(11-9-17)24-25(20-6-4-5-7-22(20)28-24)32-15-14-27-26(29)21-13-12-19(30-2)16-23(21)31-3/h4-13,16,28H,14-15H2,1-3H3,(H,27,29). The zero-order valence-electron chi connectivity index (χ0n) is 18.4. The molecule has 0 saturated carbocycles. The van der Waals surface area contributed by atoms with Gasteiger partial charge >= 0.3 is 0 Å². The summed E-state index contributed by atoms with van der Waals surface area (Å²) in [5.74, 6) is 1.72. The molecule has 4 rings (SSSR count). The van der Waals surface area contributed by atoms with Crippen LogP contribution in [-0.2, 0) is 0 Å². The molecule has 0 bridgehead atoms. The Labute approximate surface area is 192 Å². The Hall–Kier alpha value is -3.38. The Morgan fingerprint density at radius 1 is 1.00 bits per heavy atom. The van der Waals surface area contributed by atoms with E-state index in [1.807, 2.05) is 6.07 Å². The minimum absolute atomic E-state index is 0.164. The van der Waals surface area contributed by atoms with Crippen LogP contribution in [0.15, 0.2) is 71.6 Å². The van der Waals surface area contributed by atoms with Gasteiger partial charge in [-0.25, -0.2) is 0 Å². The number of hydrogen-bond acceptors (Lipinski definition) is 4. The van der Waals surface area contributed by atoms with Gasteiger partial charge in [-0.15, -0.1) is 11.8 Å². The zero-order chi connectivity index (χ0) is 22.5. The Balaban J connectivity index is 1.47. The molecular formula is C26H26N2O3S. The number of rotatable bonds is 8. The molecule has 0 atom stereocenters. The number of aryl methyl sites for hydroxylation is 1. The van der Waals surface area contributed by atoms with Crippen LogP contribution in [0.5, 0.6) is 11.5 Å². The van der Waals surface area contributed by atoms with Gasteiger partial charge in [-0.1, -0.05) is 48.0 Å². The van der Waals surface area contributed by atoms with Gasteiger partial charge in [-0.3, -0.25) is 4.79 Å². The van der Waals surface area contributed by atoms with Gasteiger partial charge in [0.1, 0.15) is 11.5 Å². The average molecular weight is 447 g/mol. The van der Waals surface area contributed by atoms with E-state index < -0.39 is 0 Å². The normalized spacial score (nSPS) is 10.8. The number of aromatic nitrogens is 1. The molecule has 1 aromatic heterocycles. The van der Waals surface area contributed by atoms with Crippen molar-refractivity contribution in [3.63, 3.8) is 0 Å². The summed E-state index contributed by atoms with van der Waals surface area (Å²) >= 11 is 1.74. The molecule has 4 aromatic rings. The molecule has 2 N–H and O–H groups in total. The van der Waals surface area contributed by atoms with Crippen LogP contribution in [0.4, 0.5) is 0 Å². The van der Waals surface area contributed by atoms with E-state index in [-0.39, 0.29) is 5.91 Å². The summed E-state index contributed by atoms with van der Waals surface area (Å²) in [6.07, 6.45) is 0. The second kappa shape index (κ2) is 9.83. The fourth-order valence-electron chi connectivity index (χ4n) is 3.59. The van der Waals surface area contributed by atoms with E-state index in [9.17, 15) is 4.79 Å².